The van der Waals surface area contributed by atoms with Gasteiger partial charge in [-0.15, -0.1) is 0 Å². The van der Waals surface area contributed by atoms with E-state index in [1.165, 1.54) is 0 Å². The van der Waals surface area contributed by atoms with Crippen LogP contribution in [0.15, 0.2) is 12.1 Å². The third-order valence-electron chi connectivity index (χ3n) is 2.79. The molecule has 1 aromatic carbocycles. The molecule has 4 heteroatoms. The Balaban J connectivity index is 2.48. The minimum absolute atomic E-state index is 0.214. The van der Waals surface area contributed by atoms with E-state index >= 15 is 0 Å². The van der Waals surface area contributed by atoms with Crippen LogP contribution in [0.4, 0.5) is 8.78 Å². The molecule has 0 spiro atoms. The average molecular weight is 218 g/mol. The van der Waals surface area contributed by atoms with Crippen LogP contribution in [-0.4, -0.2) is 0 Å². The zero-order chi connectivity index (χ0) is 10.3. The SMILES string of the molecule is NC1(c2cc(F)c(F)cc2Cl)CCC1. The lowest BCUT2D eigenvalue weighted by Gasteiger charge is -2.39. The van der Waals surface area contributed by atoms with Crippen molar-refractivity contribution in [2.45, 2.75) is 24.8 Å². The zero-order valence-electron chi connectivity index (χ0n) is 7.49. The van der Waals surface area contributed by atoms with Gasteiger partial charge in [0.15, 0.2) is 11.6 Å². The summed E-state index contributed by atoms with van der Waals surface area (Å²) < 4.78 is 25.7. The molecule has 1 fully saturated rings. The molecule has 0 aliphatic heterocycles. The maximum Gasteiger partial charge on any atom is 0.160 e. The van der Waals surface area contributed by atoms with E-state index in [0.29, 0.717) is 5.56 Å². The van der Waals surface area contributed by atoms with Crippen molar-refractivity contribution in [1.29, 1.82) is 0 Å². The van der Waals surface area contributed by atoms with Crippen molar-refractivity contribution in [2.24, 2.45) is 5.73 Å². The minimum atomic E-state index is -0.929. The Hall–Kier alpha value is -0.670. The van der Waals surface area contributed by atoms with Crippen LogP contribution in [0.3, 0.4) is 0 Å². The molecule has 14 heavy (non-hydrogen) atoms. The van der Waals surface area contributed by atoms with E-state index in [0.717, 1.165) is 31.4 Å². The highest BCUT2D eigenvalue weighted by Gasteiger charge is 2.36. The van der Waals surface area contributed by atoms with E-state index in [9.17, 15) is 8.78 Å². The lowest BCUT2D eigenvalue weighted by atomic mass is 9.73. The van der Waals surface area contributed by atoms with Crippen molar-refractivity contribution in [3.05, 3.63) is 34.4 Å². The highest BCUT2D eigenvalue weighted by Crippen LogP contribution is 2.42. The molecule has 0 bridgehead atoms. The molecule has 2 rings (SSSR count). The van der Waals surface area contributed by atoms with Gasteiger partial charge in [0, 0.05) is 10.6 Å². The van der Waals surface area contributed by atoms with Crippen LogP contribution in [-0.2, 0) is 5.54 Å². The van der Waals surface area contributed by atoms with E-state index in [-0.39, 0.29) is 5.02 Å². The van der Waals surface area contributed by atoms with Gasteiger partial charge >= 0.3 is 0 Å². The summed E-state index contributed by atoms with van der Waals surface area (Å²) in [5.41, 5.74) is 5.94. The molecule has 2 N–H and O–H groups in total. The molecule has 1 aromatic rings. The van der Waals surface area contributed by atoms with E-state index in [2.05, 4.69) is 0 Å². The Morgan fingerprint density at radius 3 is 2.29 bits per heavy atom. The molecule has 1 aliphatic carbocycles. The van der Waals surface area contributed by atoms with Crippen LogP contribution in [0, 0.1) is 11.6 Å². The third-order valence-corrected chi connectivity index (χ3v) is 3.10. The maximum atomic E-state index is 13.0. The lowest BCUT2D eigenvalue weighted by molar-refractivity contribution is 0.252. The first-order valence-electron chi connectivity index (χ1n) is 4.47. The zero-order valence-corrected chi connectivity index (χ0v) is 8.24. The van der Waals surface area contributed by atoms with Gasteiger partial charge in [0.05, 0.1) is 0 Å². The topological polar surface area (TPSA) is 26.0 Å². The van der Waals surface area contributed by atoms with Crippen molar-refractivity contribution in [3.8, 4) is 0 Å². The quantitative estimate of drug-likeness (QED) is 0.720. The number of hydrogen-bond donors (Lipinski definition) is 1. The molecule has 1 saturated carbocycles. The predicted octanol–water partition coefficient (Wildman–Crippen LogP) is 2.96. The first kappa shape index (κ1) is 9.87. The number of nitrogens with two attached hydrogens (primary N) is 1. The largest absolute Gasteiger partial charge is 0.321 e. The van der Waals surface area contributed by atoms with Crippen LogP contribution in [0.1, 0.15) is 24.8 Å². The van der Waals surface area contributed by atoms with Gasteiger partial charge < -0.3 is 5.73 Å². The summed E-state index contributed by atoms with van der Waals surface area (Å²) in [7, 11) is 0. The molecule has 0 heterocycles. The summed E-state index contributed by atoms with van der Waals surface area (Å²) in [6, 6.07) is 2.09. The monoisotopic (exact) mass is 217 g/mol. The van der Waals surface area contributed by atoms with Crippen LogP contribution in [0.5, 0.6) is 0 Å². The number of rotatable bonds is 1. The van der Waals surface area contributed by atoms with E-state index < -0.39 is 17.2 Å². The smallest absolute Gasteiger partial charge is 0.160 e. The Bertz CT molecular complexity index is 375. The molecule has 0 amide bonds. The second-order valence-corrected chi connectivity index (χ2v) is 4.16. The average Bonchev–Trinajstić information content (AvgIpc) is 2.07. The Kier molecular flexibility index (Phi) is 2.24. The summed E-state index contributed by atoms with van der Waals surface area (Å²) in [5.74, 6) is -1.82. The molecule has 76 valence electrons. The second-order valence-electron chi connectivity index (χ2n) is 3.76. The van der Waals surface area contributed by atoms with Gasteiger partial charge in [-0.25, -0.2) is 8.78 Å². The van der Waals surface area contributed by atoms with Gasteiger partial charge in [0.2, 0.25) is 0 Å². The first-order valence-corrected chi connectivity index (χ1v) is 4.85. The van der Waals surface area contributed by atoms with Gasteiger partial charge in [-0.2, -0.15) is 0 Å². The molecule has 1 aliphatic rings. The molecule has 0 unspecified atom stereocenters. The summed E-state index contributed by atoms with van der Waals surface area (Å²) >= 11 is 5.81. The molecular weight excluding hydrogens is 208 g/mol. The Labute approximate surface area is 85.9 Å². The van der Waals surface area contributed by atoms with Crippen molar-refractivity contribution in [3.63, 3.8) is 0 Å². The molecule has 0 atom stereocenters. The van der Waals surface area contributed by atoms with Gasteiger partial charge in [-0.3, -0.25) is 0 Å². The summed E-state index contributed by atoms with van der Waals surface area (Å²) in [6.07, 6.45) is 2.56. The molecular formula is C10H10ClF2N. The number of halogens is 3. The fourth-order valence-electron chi connectivity index (χ4n) is 1.73. The van der Waals surface area contributed by atoms with Crippen molar-refractivity contribution < 1.29 is 8.78 Å². The Morgan fingerprint density at radius 1 is 1.21 bits per heavy atom. The van der Waals surface area contributed by atoms with E-state index in [1.54, 1.807) is 0 Å². The molecule has 0 aromatic heterocycles. The van der Waals surface area contributed by atoms with Crippen molar-refractivity contribution in [2.75, 3.05) is 0 Å². The lowest BCUT2D eigenvalue weighted by Crippen LogP contribution is -2.43. The van der Waals surface area contributed by atoms with Gasteiger partial charge in [-0.1, -0.05) is 11.6 Å². The molecule has 0 radical (unpaired) electrons. The molecule has 1 nitrogen and oxygen atoms in total. The van der Waals surface area contributed by atoms with Crippen molar-refractivity contribution in [1.82, 2.24) is 0 Å². The summed E-state index contributed by atoms with van der Waals surface area (Å²) in [4.78, 5) is 0. The minimum Gasteiger partial charge on any atom is -0.321 e. The van der Waals surface area contributed by atoms with Gasteiger partial charge in [0.25, 0.3) is 0 Å². The Morgan fingerprint density at radius 2 is 1.79 bits per heavy atom. The number of benzene rings is 1. The first-order chi connectivity index (χ1) is 6.53. The fourth-order valence-corrected chi connectivity index (χ4v) is 2.07. The molecule has 0 saturated heterocycles. The van der Waals surface area contributed by atoms with Crippen LogP contribution >= 0.6 is 11.6 Å². The standard InChI is InChI=1S/C10H10ClF2N/c11-7-5-9(13)8(12)4-6(7)10(14)2-1-3-10/h4-5H,1-3,14H2. The van der Waals surface area contributed by atoms with Crippen molar-refractivity contribution >= 4 is 11.6 Å². The van der Waals surface area contributed by atoms with E-state index in [1.807, 2.05) is 0 Å². The second kappa shape index (κ2) is 3.17. The van der Waals surface area contributed by atoms with Gasteiger partial charge in [-0.05, 0) is 37.0 Å². The van der Waals surface area contributed by atoms with Crippen LogP contribution < -0.4 is 5.73 Å². The highest BCUT2D eigenvalue weighted by atomic mass is 35.5. The summed E-state index contributed by atoms with van der Waals surface area (Å²) in [5, 5.41) is 0.214. The highest BCUT2D eigenvalue weighted by molar-refractivity contribution is 6.31. The fraction of sp³-hybridized carbons (Fsp3) is 0.400. The number of hydrogen-bond acceptors (Lipinski definition) is 1. The van der Waals surface area contributed by atoms with E-state index in [4.69, 9.17) is 17.3 Å². The van der Waals surface area contributed by atoms with Gasteiger partial charge in [0.1, 0.15) is 0 Å². The van der Waals surface area contributed by atoms with Crippen LogP contribution in [0.2, 0.25) is 5.02 Å². The normalized spacial score (nSPS) is 19.1. The summed E-state index contributed by atoms with van der Waals surface area (Å²) in [6.45, 7) is 0. The van der Waals surface area contributed by atoms with Crippen LogP contribution in [0.25, 0.3) is 0 Å². The predicted molar refractivity (Wildman–Crippen MR) is 51.1 cm³/mol. The third kappa shape index (κ3) is 1.41. The maximum absolute atomic E-state index is 13.0.